The van der Waals surface area contributed by atoms with Gasteiger partial charge in [0.2, 0.25) is 11.6 Å². The quantitative estimate of drug-likeness (QED) is 0.367. The van der Waals surface area contributed by atoms with Gasteiger partial charge < -0.3 is 15.2 Å². The molecule has 0 aliphatic heterocycles. The molecule has 1 aromatic carbocycles. The number of carboxylic acids is 1. The Hall–Kier alpha value is -2.70. The van der Waals surface area contributed by atoms with Gasteiger partial charge in [0.25, 0.3) is 0 Å². The first-order valence-corrected chi connectivity index (χ1v) is 8.95. The minimum absolute atomic E-state index is 0.116. The van der Waals surface area contributed by atoms with Gasteiger partial charge in [-0.3, -0.25) is 9.59 Å². The number of hydrogen-bond acceptors (Lipinski definition) is 5. The van der Waals surface area contributed by atoms with E-state index in [0.29, 0.717) is 24.8 Å². The van der Waals surface area contributed by atoms with E-state index in [0.717, 1.165) is 0 Å². The predicted molar refractivity (Wildman–Crippen MR) is 99.7 cm³/mol. The number of ketones is 2. The number of carboxylic acid groups (broad SMARTS) is 1. The molecule has 0 fully saturated rings. The molecule has 1 amide bonds. The maximum absolute atomic E-state index is 12.0. The lowest BCUT2D eigenvalue weighted by molar-refractivity contribution is -0.139. The van der Waals surface area contributed by atoms with Gasteiger partial charge in [0.1, 0.15) is 11.6 Å². The maximum atomic E-state index is 12.0. The number of aliphatic carboxylic acids is 1. The molecule has 0 aliphatic carbocycles. The second-order valence-electron chi connectivity index (χ2n) is 7.25. The molecule has 0 radical (unpaired) electrons. The van der Waals surface area contributed by atoms with Gasteiger partial charge in [0.05, 0.1) is 0 Å². The number of unbranched alkanes of at least 4 members (excludes halogenated alkanes) is 2. The van der Waals surface area contributed by atoms with Gasteiger partial charge in [-0.2, -0.15) is 0 Å². The molecule has 1 rings (SSSR count). The Labute approximate surface area is 159 Å². The number of carbonyl (C=O) groups is 4. The van der Waals surface area contributed by atoms with Crippen molar-refractivity contribution in [3.8, 4) is 0 Å². The zero-order valence-electron chi connectivity index (χ0n) is 16.0. The van der Waals surface area contributed by atoms with E-state index in [1.807, 2.05) is 0 Å². The summed E-state index contributed by atoms with van der Waals surface area (Å²) in [6.07, 6.45) is 1.11. The summed E-state index contributed by atoms with van der Waals surface area (Å²) in [5.41, 5.74) is -0.339. The molecule has 1 aromatic rings. The highest BCUT2D eigenvalue weighted by Crippen LogP contribution is 2.11. The lowest BCUT2D eigenvalue weighted by Gasteiger charge is -2.22. The van der Waals surface area contributed by atoms with E-state index in [1.54, 1.807) is 51.1 Å². The van der Waals surface area contributed by atoms with Crippen LogP contribution in [0, 0.1) is 0 Å². The van der Waals surface area contributed by atoms with Crippen molar-refractivity contribution in [3.63, 3.8) is 0 Å². The van der Waals surface area contributed by atoms with Crippen LogP contribution in [-0.2, 0) is 14.3 Å². The van der Waals surface area contributed by atoms with E-state index in [1.165, 1.54) is 0 Å². The zero-order chi connectivity index (χ0) is 20.4. The molecule has 0 saturated carbocycles. The summed E-state index contributed by atoms with van der Waals surface area (Å²) in [7, 11) is 0. The summed E-state index contributed by atoms with van der Waals surface area (Å²) < 4.78 is 5.05. The average Bonchev–Trinajstić information content (AvgIpc) is 2.58. The lowest BCUT2D eigenvalue weighted by atomic mass is 10.0. The molecule has 0 aromatic heterocycles. The van der Waals surface area contributed by atoms with Crippen LogP contribution >= 0.6 is 0 Å². The third-order valence-corrected chi connectivity index (χ3v) is 3.67. The zero-order valence-corrected chi connectivity index (χ0v) is 16.0. The number of amides is 1. The van der Waals surface area contributed by atoms with Crippen LogP contribution in [0.2, 0.25) is 0 Å². The van der Waals surface area contributed by atoms with Crippen molar-refractivity contribution in [2.75, 3.05) is 0 Å². The Bertz CT molecular complexity index is 663. The smallest absolute Gasteiger partial charge is 0.408 e. The van der Waals surface area contributed by atoms with Gasteiger partial charge in [-0.25, -0.2) is 9.59 Å². The Morgan fingerprint density at radius 2 is 1.67 bits per heavy atom. The monoisotopic (exact) mass is 377 g/mol. The summed E-state index contributed by atoms with van der Waals surface area (Å²) >= 11 is 0. The third-order valence-electron chi connectivity index (χ3n) is 3.67. The second kappa shape index (κ2) is 10.4. The first-order valence-electron chi connectivity index (χ1n) is 8.95. The van der Waals surface area contributed by atoms with E-state index < -0.39 is 35.3 Å². The highest BCUT2D eigenvalue weighted by molar-refractivity contribution is 6.43. The van der Waals surface area contributed by atoms with Crippen LogP contribution in [0.1, 0.15) is 63.2 Å². The Morgan fingerprint density at radius 3 is 2.22 bits per heavy atom. The minimum Gasteiger partial charge on any atom is -0.480 e. The van der Waals surface area contributed by atoms with Crippen LogP contribution in [-0.4, -0.2) is 40.4 Å². The van der Waals surface area contributed by atoms with E-state index in [4.69, 9.17) is 4.74 Å². The van der Waals surface area contributed by atoms with Gasteiger partial charge >= 0.3 is 12.1 Å². The minimum atomic E-state index is -1.14. The third kappa shape index (κ3) is 8.99. The van der Waals surface area contributed by atoms with Crippen molar-refractivity contribution in [3.05, 3.63) is 35.9 Å². The first-order chi connectivity index (χ1) is 12.6. The fraction of sp³-hybridized carbons (Fsp3) is 0.500. The van der Waals surface area contributed by atoms with Gasteiger partial charge in [-0.1, -0.05) is 43.2 Å². The van der Waals surface area contributed by atoms with Crippen molar-refractivity contribution >= 4 is 23.6 Å². The van der Waals surface area contributed by atoms with E-state index in [9.17, 15) is 24.3 Å². The summed E-state index contributed by atoms with van der Waals surface area (Å²) in [5, 5.41) is 11.5. The number of rotatable bonds is 10. The Morgan fingerprint density at radius 1 is 1.04 bits per heavy atom. The number of Topliss-reactive ketones (excluding diaryl/α,β-unsaturated/α-hetero) is 2. The highest BCUT2D eigenvalue weighted by atomic mass is 16.6. The van der Waals surface area contributed by atoms with Crippen molar-refractivity contribution in [1.29, 1.82) is 0 Å². The number of carbonyl (C=O) groups excluding carboxylic acids is 3. The van der Waals surface area contributed by atoms with Gasteiger partial charge in [0.15, 0.2) is 0 Å². The van der Waals surface area contributed by atoms with Crippen LogP contribution in [0.3, 0.4) is 0 Å². The Kier molecular flexibility index (Phi) is 8.65. The largest absolute Gasteiger partial charge is 0.480 e. The SMILES string of the molecule is CC(C)(C)OC(=O)N[C@@H](CCCCCC(=O)C(=O)c1ccccc1)C(=O)O. The predicted octanol–water partition coefficient (Wildman–Crippen LogP) is 3.37. The molecule has 0 heterocycles. The van der Waals surface area contributed by atoms with Crippen molar-refractivity contribution in [2.45, 2.75) is 64.5 Å². The highest BCUT2D eigenvalue weighted by Gasteiger charge is 2.23. The van der Waals surface area contributed by atoms with Crippen molar-refractivity contribution in [2.24, 2.45) is 0 Å². The van der Waals surface area contributed by atoms with E-state index in [2.05, 4.69) is 5.32 Å². The molecule has 1 atom stereocenters. The van der Waals surface area contributed by atoms with Crippen LogP contribution < -0.4 is 5.32 Å². The van der Waals surface area contributed by atoms with Crippen molar-refractivity contribution < 1.29 is 29.0 Å². The molecular weight excluding hydrogens is 350 g/mol. The number of ether oxygens (including phenoxy) is 1. The van der Waals surface area contributed by atoms with E-state index >= 15 is 0 Å². The molecule has 0 bridgehead atoms. The standard InChI is InChI=1S/C20H27NO6/c1-20(2,3)27-19(26)21-15(18(24)25)12-8-5-9-13-16(22)17(23)14-10-6-4-7-11-14/h4,6-7,10-11,15H,5,8-9,12-13H2,1-3H3,(H,21,26)(H,24,25)/t15-/m0/s1. The molecule has 7 heteroatoms. The molecule has 0 spiro atoms. The molecular formula is C20H27NO6. The number of benzene rings is 1. The summed E-state index contributed by atoms with van der Waals surface area (Å²) in [5.74, 6) is -2.11. The van der Waals surface area contributed by atoms with Crippen LogP contribution in [0.15, 0.2) is 30.3 Å². The number of hydrogen-bond donors (Lipinski definition) is 2. The van der Waals surface area contributed by atoms with Crippen LogP contribution in [0.25, 0.3) is 0 Å². The van der Waals surface area contributed by atoms with Crippen LogP contribution in [0.4, 0.5) is 4.79 Å². The topological polar surface area (TPSA) is 110 Å². The van der Waals surface area contributed by atoms with Crippen molar-refractivity contribution in [1.82, 2.24) is 5.32 Å². The molecule has 27 heavy (non-hydrogen) atoms. The second-order valence-corrected chi connectivity index (χ2v) is 7.25. The Balaban J connectivity index is 2.33. The van der Waals surface area contributed by atoms with Gasteiger partial charge in [-0.15, -0.1) is 0 Å². The average molecular weight is 377 g/mol. The first kappa shape index (κ1) is 22.3. The summed E-state index contributed by atoms with van der Waals surface area (Å²) in [6, 6.07) is 7.31. The fourth-order valence-corrected chi connectivity index (χ4v) is 2.38. The van der Waals surface area contributed by atoms with Crippen LogP contribution in [0.5, 0.6) is 0 Å². The lowest BCUT2D eigenvalue weighted by Crippen LogP contribution is -2.43. The fourth-order valence-electron chi connectivity index (χ4n) is 2.38. The normalized spacial score (nSPS) is 12.1. The molecule has 148 valence electrons. The van der Waals surface area contributed by atoms with Gasteiger partial charge in [-0.05, 0) is 33.6 Å². The van der Waals surface area contributed by atoms with E-state index in [-0.39, 0.29) is 12.8 Å². The summed E-state index contributed by atoms with van der Waals surface area (Å²) in [4.78, 5) is 46.8. The molecule has 7 nitrogen and oxygen atoms in total. The molecule has 2 N–H and O–H groups in total. The molecule has 0 unspecified atom stereocenters. The molecule has 0 saturated heterocycles. The number of nitrogens with one attached hydrogen (secondary N) is 1. The molecule has 0 aliphatic rings. The maximum Gasteiger partial charge on any atom is 0.408 e. The number of alkyl carbamates (subject to hydrolysis) is 1. The van der Waals surface area contributed by atoms with Gasteiger partial charge in [0, 0.05) is 12.0 Å². The summed E-state index contributed by atoms with van der Waals surface area (Å²) in [6.45, 7) is 5.07.